The summed E-state index contributed by atoms with van der Waals surface area (Å²) in [6, 6.07) is 4.90. The van der Waals surface area contributed by atoms with E-state index in [1.165, 1.54) is 29.8 Å². The summed E-state index contributed by atoms with van der Waals surface area (Å²) in [5, 5.41) is 18.4. The number of hydrogen-bond donors (Lipinski definition) is 2. The quantitative estimate of drug-likeness (QED) is 0.406. The van der Waals surface area contributed by atoms with E-state index in [2.05, 4.69) is 0 Å². The molecule has 134 valence electrons. The van der Waals surface area contributed by atoms with E-state index in [-0.39, 0.29) is 18.1 Å². The summed E-state index contributed by atoms with van der Waals surface area (Å²) < 4.78 is 5.49. The van der Waals surface area contributed by atoms with Crippen LogP contribution in [0, 0.1) is 0 Å². The van der Waals surface area contributed by atoms with E-state index in [9.17, 15) is 14.7 Å². The third kappa shape index (κ3) is 5.20. The molecule has 0 aromatic heterocycles. The highest BCUT2D eigenvalue weighted by atomic mass is 32.2. The molecule has 0 aliphatic carbocycles. The van der Waals surface area contributed by atoms with E-state index in [1.807, 2.05) is 0 Å². The van der Waals surface area contributed by atoms with E-state index in [0.29, 0.717) is 39.9 Å². The Kier molecular flexibility index (Phi) is 6.83. The Morgan fingerprint density at radius 2 is 2.12 bits per heavy atom. The number of aliphatic carboxylic acids is 1. The molecule has 1 aromatic carbocycles. The number of rotatable bonds is 8. The lowest BCUT2D eigenvalue weighted by Gasteiger charge is -2.13. The molecule has 0 unspecified atom stereocenters. The molecule has 0 spiro atoms. The van der Waals surface area contributed by atoms with Crippen LogP contribution in [0.4, 0.5) is 0 Å². The molecule has 8 heteroatoms. The van der Waals surface area contributed by atoms with Crippen LogP contribution < -0.4 is 4.74 Å². The Balaban J connectivity index is 1.97. The number of benzene rings is 1. The number of thioether (sulfide) groups is 1. The van der Waals surface area contributed by atoms with Crippen LogP contribution >= 0.6 is 24.0 Å². The highest BCUT2D eigenvalue weighted by Crippen LogP contribution is 2.34. The maximum absolute atomic E-state index is 12.5. The predicted octanol–water partition coefficient (Wildman–Crippen LogP) is 3.25. The minimum absolute atomic E-state index is 0.00478. The normalized spacial score (nSPS) is 15.9. The number of unbranched alkanes of at least 4 members (excludes halogenated alkanes) is 2. The van der Waals surface area contributed by atoms with Crippen LogP contribution in [0.15, 0.2) is 23.1 Å². The number of phenolic OH excluding ortho intramolecular Hbond substituents is 1. The van der Waals surface area contributed by atoms with E-state index in [4.69, 9.17) is 22.1 Å². The fraction of sp³-hybridized carbons (Fsp3) is 0.353. The summed E-state index contributed by atoms with van der Waals surface area (Å²) in [5.74, 6) is -0.601. The van der Waals surface area contributed by atoms with Crippen molar-refractivity contribution < 1.29 is 24.5 Å². The number of carboxylic acid groups (broad SMARTS) is 1. The molecule has 1 heterocycles. The first-order valence-electron chi connectivity index (χ1n) is 7.76. The fourth-order valence-electron chi connectivity index (χ4n) is 2.36. The first-order chi connectivity index (χ1) is 11.9. The highest BCUT2D eigenvalue weighted by molar-refractivity contribution is 8.26. The second kappa shape index (κ2) is 8.87. The molecule has 1 aromatic rings. The zero-order chi connectivity index (χ0) is 18.4. The molecule has 2 N–H and O–H groups in total. The van der Waals surface area contributed by atoms with Crippen LogP contribution in [0.3, 0.4) is 0 Å². The van der Waals surface area contributed by atoms with Gasteiger partial charge in [0.05, 0.1) is 12.0 Å². The molecule has 6 nitrogen and oxygen atoms in total. The summed E-state index contributed by atoms with van der Waals surface area (Å²) in [5.41, 5.74) is 0.681. The van der Waals surface area contributed by atoms with Crippen LogP contribution in [0.1, 0.15) is 31.2 Å². The third-order valence-electron chi connectivity index (χ3n) is 3.65. The monoisotopic (exact) mass is 381 g/mol. The Bertz CT molecular complexity index is 717. The van der Waals surface area contributed by atoms with Crippen molar-refractivity contribution in [1.29, 1.82) is 0 Å². The van der Waals surface area contributed by atoms with E-state index in [1.54, 1.807) is 18.2 Å². The average molecular weight is 381 g/mol. The Morgan fingerprint density at radius 1 is 1.36 bits per heavy atom. The summed E-state index contributed by atoms with van der Waals surface area (Å²) >= 11 is 6.48. The van der Waals surface area contributed by atoms with E-state index in [0.717, 1.165) is 6.42 Å². The van der Waals surface area contributed by atoms with Gasteiger partial charge in [-0.2, -0.15) is 0 Å². The number of thiocarbonyl (C=S) groups is 1. The van der Waals surface area contributed by atoms with Crippen molar-refractivity contribution in [2.24, 2.45) is 0 Å². The molecule has 0 bridgehead atoms. The zero-order valence-electron chi connectivity index (χ0n) is 13.7. The number of ether oxygens (including phenoxy) is 1. The molecule has 1 aliphatic rings. The maximum Gasteiger partial charge on any atom is 0.303 e. The molecule has 1 fully saturated rings. The van der Waals surface area contributed by atoms with Gasteiger partial charge >= 0.3 is 5.97 Å². The standard InChI is InChI=1S/C17H19NO5S2/c1-23-13-7-6-11(9-12(13)19)10-14-16(22)18(17(24)25-14)8-4-2-3-5-15(20)21/h6-7,9-10,19H,2-5,8H2,1H3,(H,20,21)/b14-10-. The molecule has 2 rings (SSSR count). The number of carbonyl (C=O) groups is 2. The van der Waals surface area contributed by atoms with Crippen LogP contribution in [0.5, 0.6) is 11.5 Å². The molecule has 1 aliphatic heterocycles. The van der Waals surface area contributed by atoms with Gasteiger partial charge in [-0.25, -0.2) is 0 Å². The van der Waals surface area contributed by atoms with Gasteiger partial charge in [-0.1, -0.05) is 36.5 Å². The lowest BCUT2D eigenvalue weighted by atomic mass is 10.1. The molecular weight excluding hydrogens is 362 g/mol. The second-order valence-electron chi connectivity index (χ2n) is 5.47. The number of phenols is 1. The molecule has 0 atom stereocenters. The Labute approximate surface area is 155 Å². The maximum atomic E-state index is 12.5. The summed E-state index contributed by atoms with van der Waals surface area (Å²) in [4.78, 5) is 25.0. The Morgan fingerprint density at radius 3 is 2.76 bits per heavy atom. The van der Waals surface area contributed by atoms with Gasteiger partial charge in [0.1, 0.15) is 4.32 Å². The number of methoxy groups -OCH3 is 1. The average Bonchev–Trinajstić information content (AvgIpc) is 2.81. The van der Waals surface area contributed by atoms with Crippen molar-refractivity contribution in [2.75, 3.05) is 13.7 Å². The molecule has 1 saturated heterocycles. The van der Waals surface area contributed by atoms with E-state index >= 15 is 0 Å². The van der Waals surface area contributed by atoms with Gasteiger partial charge in [-0.3, -0.25) is 14.5 Å². The Hall–Kier alpha value is -2.06. The van der Waals surface area contributed by atoms with Crippen molar-refractivity contribution in [2.45, 2.75) is 25.7 Å². The van der Waals surface area contributed by atoms with Gasteiger partial charge in [0.25, 0.3) is 5.91 Å². The molecule has 25 heavy (non-hydrogen) atoms. The molecule has 1 amide bonds. The van der Waals surface area contributed by atoms with Crippen LogP contribution in [0.25, 0.3) is 6.08 Å². The number of nitrogens with zero attached hydrogens (tertiary/aromatic N) is 1. The smallest absolute Gasteiger partial charge is 0.303 e. The second-order valence-corrected chi connectivity index (χ2v) is 7.14. The van der Waals surface area contributed by atoms with E-state index < -0.39 is 5.97 Å². The SMILES string of the molecule is COc1ccc(/C=C2\SC(=S)N(CCCCCC(=O)O)C2=O)cc1O. The number of carbonyl (C=O) groups excluding carboxylic acids is 1. The van der Waals surface area contributed by atoms with Gasteiger partial charge in [0.15, 0.2) is 11.5 Å². The third-order valence-corrected chi connectivity index (χ3v) is 5.02. The first kappa shape index (κ1) is 19.3. The summed E-state index contributed by atoms with van der Waals surface area (Å²) in [7, 11) is 1.47. The van der Waals surface area contributed by atoms with Crippen LogP contribution in [-0.4, -0.2) is 45.0 Å². The van der Waals surface area contributed by atoms with Gasteiger partial charge < -0.3 is 14.9 Å². The number of carboxylic acids is 1. The largest absolute Gasteiger partial charge is 0.504 e. The zero-order valence-corrected chi connectivity index (χ0v) is 15.4. The van der Waals surface area contributed by atoms with Crippen LogP contribution in [-0.2, 0) is 9.59 Å². The van der Waals surface area contributed by atoms with Crippen molar-refractivity contribution in [1.82, 2.24) is 4.90 Å². The van der Waals surface area contributed by atoms with Gasteiger partial charge in [0, 0.05) is 13.0 Å². The van der Waals surface area contributed by atoms with Crippen molar-refractivity contribution >= 4 is 46.3 Å². The van der Waals surface area contributed by atoms with Gasteiger partial charge in [0.2, 0.25) is 0 Å². The summed E-state index contributed by atoms with van der Waals surface area (Å²) in [6.45, 7) is 0.482. The molecule has 0 radical (unpaired) electrons. The molecular formula is C17H19NO5S2. The minimum Gasteiger partial charge on any atom is -0.504 e. The number of hydrogen-bond acceptors (Lipinski definition) is 6. The topological polar surface area (TPSA) is 87.1 Å². The number of amides is 1. The fourth-order valence-corrected chi connectivity index (χ4v) is 3.67. The van der Waals surface area contributed by atoms with Crippen molar-refractivity contribution in [3.05, 3.63) is 28.7 Å². The highest BCUT2D eigenvalue weighted by Gasteiger charge is 2.31. The van der Waals surface area contributed by atoms with Crippen molar-refractivity contribution in [3.8, 4) is 11.5 Å². The van der Waals surface area contributed by atoms with Gasteiger partial charge in [-0.15, -0.1) is 0 Å². The minimum atomic E-state index is -0.809. The lowest BCUT2D eigenvalue weighted by Crippen LogP contribution is -2.29. The predicted molar refractivity (Wildman–Crippen MR) is 101 cm³/mol. The first-order valence-corrected chi connectivity index (χ1v) is 8.99. The van der Waals surface area contributed by atoms with Crippen LogP contribution in [0.2, 0.25) is 0 Å². The summed E-state index contributed by atoms with van der Waals surface area (Å²) in [6.07, 6.45) is 3.85. The lowest BCUT2D eigenvalue weighted by molar-refractivity contribution is -0.137. The van der Waals surface area contributed by atoms with Crippen molar-refractivity contribution in [3.63, 3.8) is 0 Å². The molecule has 0 saturated carbocycles. The number of aromatic hydroxyl groups is 1. The van der Waals surface area contributed by atoms with Gasteiger partial charge in [-0.05, 0) is 36.6 Å².